The zero-order chi connectivity index (χ0) is 18.3. The van der Waals surface area contributed by atoms with E-state index < -0.39 is 0 Å². The van der Waals surface area contributed by atoms with Gasteiger partial charge in [-0.2, -0.15) is 0 Å². The maximum atomic E-state index is 12.6. The van der Waals surface area contributed by atoms with Crippen molar-refractivity contribution < 1.29 is 14.3 Å². The van der Waals surface area contributed by atoms with Gasteiger partial charge in [0, 0.05) is 22.3 Å². The molecule has 1 aromatic heterocycles. The molecule has 3 atom stereocenters. The largest absolute Gasteiger partial charge is 0.424 e. The van der Waals surface area contributed by atoms with Crippen molar-refractivity contribution in [3.63, 3.8) is 0 Å². The molecule has 5 heteroatoms. The highest BCUT2D eigenvalue weighted by atomic mass is 35.5. The lowest BCUT2D eigenvalue weighted by molar-refractivity contribution is -0.138. The number of ether oxygens (including phenoxy) is 2. The number of carbonyl (C=O) groups excluding carboxylic acids is 1. The van der Waals surface area contributed by atoms with Crippen LogP contribution in [0.25, 0.3) is 0 Å². The van der Waals surface area contributed by atoms with Crippen LogP contribution in [0.1, 0.15) is 54.7 Å². The summed E-state index contributed by atoms with van der Waals surface area (Å²) < 4.78 is 11.8. The number of carbonyl (C=O) groups is 1. The predicted molar refractivity (Wildman–Crippen MR) is 99.2 cm³/mol. The molecule has 2 aliphatic rings. The SMILES string of the molecule is Cc1ncc2c(c1OC(=O)C1CC[C@H](C)C1)CO[C@H]2c1ccc(Cl)cc1. The number of rotatable bonds is 3. The van der Waals surface area contributed by atoms with Gasteiger partial charge in [0.1, 0.15) is 6.10 Å². The maximum Gasteiger partial charge on any atom is 0.314 e. The van der Waals surface area contributed by atoms with E-state index in [2.05, 4.69) is 11.9 Å². The van der Waals surface area contributed by atoms with Crippen LogP contribution in [0.4, 0.5) is 0 Å². The average molecular weight is 372 g/mol. The Morgan fingerprint density at radius 3 is 2.73 bits per heavy atom. The fourth-order valence-corrected chi connectivity index (χ4v) is 4.06. The Labute approximate surface area is 158 Å². The number of esters is 1. The van der Waals surface area contributed by atoms with Crippen LogP contribution < -0.4 is 4.74 Å². The normalized spacial score (nSPS) is 24.5. The summed E-state index contributed by atoms with van der Waals surface area (Å²) >= 11 is 5.98. The van der Waals surface area contributed by atoms with Crippen LogP contribution in [-0.4, -0.2) is 11.0 Å². The molecule has 0 saturated heterocycles. The fraction of sp³-hybridized carbons (Fsp3) is 0.429. The first-order valence-electron chi connectivity index (χ1n) is 9.10. The third kappa shape index (κ3) is 3.24. The number of aryl methyl sites for hydroxylation is 1. The number of fused-ring (bicyclic) bond motifs is 1. The van der Waals surface area contributed by atoms with Crippen LogP contribution in [-0.2, 0) is 16.1 Å². The van der Waals surface area contributed by atoms with Crippen molar-refractivity contribution in [3.8, 4) is 5.75 Å². The highest BCUT2D eigenvalue weighted by Crippen LogP contribution is 2.41. The Bertz CT molecular complexity index is 834. The van der Waals surface area contributed by atoms with E-state index in [0.29, 0.717) is 23.3 Å². The minimum Gasteiger partial charge on any atom is -0.424 e. The third-order valence-corrected chi connectivity index (χ3v) is 5.68. The Hall–Kier alpha value is -1.91. The predicted octanol–water partition coefficient (Wildman–Crippen LogP) is 5.00. The Balaban J connectivity index is 1.61. The van der Waals surface area contributed by atoms with E-state index in [1.165, 1.54) is 0 Å². The van der Waals surface area contributed by atoms with Crippen LogP contribution in [0.5, 0.6) is 5.75 Å². The highest BCUT2D eigenvalue weighted by Gasteiger charge is 2.33. The van der Waals surface area contributed by atoms with Crippen LogP contribution in [0.15, 0.2) is 30.5 Å². The molecule has 0 bridgehead atoms. The van der Waals surface area contributed by atoms with Crippen molar-refractivity contribution in [2.45, 2.75) is 45.8 Å². The lowest BCUT2D eigenvalue weighted by Gasteiger charge is -2.15. The molecule has 1 aliphatic carbocycles. The molecule has 1 saturated carbocycles. The third-order valence-electron chi connectivity index (χ3n) is 5.43. The Kier molecular flexibility index (Phi) is 4.72. The molecule has 0 radical (unpaired) electrons. The second-order valence-electron chi connectivity index (χ2n) is 7.39. The Morgan fingerprint density at radius 2 is 2.04 bits per heavy atom. The molecule has 1 fully saturated rings. The summed E-state index contributed by atoms with van der Waals surface area (Å²) in [5, 5.41) is 0.689. The highest BCUT2D eigenvalue weighted by molar-refractivity contribution is 6.30. The topological polar surface area (TPSA) is 48.4 Å². The van der Waals surface area contributed by atoms with Crippen molar-refractivity contribution in [2.75, 3.05) is 0 Å². The van der Waals surface area contributed by atoms with Gasteiger partial charge in [0.2, 0.25) is 0 Å². The first-order valence-corrected chi connectivity index (χ1v) is 9.48. The maximum absolute atomic E-state index is 12.6. The molecular weight excluding hydrogens is 350 g/mol. The van der Waals surface area contributed by atoms with E-state index in [9.17, 15) is 4.79 Å². The van der Waals surface area contributed by atoms with Crippen LogP contribution >= 0.6 is 11.6 Å². The van der Waals surface area contributed by atoms with Gasteiger partial charge in [-0.15, -0.1) is 0 Å². The summed E-state index contributed by atoms with van der Waals surface area (Å²) in [5.74, 6) is 1.02. The number of pyridine rings is 1. The quantitative estimate of drug-likeness (QED) is 0.712. The summed E-state index contributed by atoms with van der Waals surface area (Å²) in [7, 11) is 0. The molecular formula is C21H22ClNO3. The van der Waals surface area contributed by atoms with Crippen molar-refractivity contribution in [1.82, 2.24) is 4.98 Å². The standard InChI is InChI=1S/C21H22ClNO3/c1-12-3-4-15(9-12)21(24)26-19-13(2)23-10-17-18(19)11-25-20(17)14-5-7-16(22)8-6-14/h5-8,10,12,15,20H,3-4,9,11H2,1-2H3/t12-,15?,20-/m0/s1. The smallest absolute Gasteiger partial charge is 0.314 e. The molecule has 1 aromatic carbocycles. The molecule has 4 rings (SSSR count). The second kappa shape index (κ2) is 7.01. The number of hydrogen-bond acceptors (Lipinski definition) is 4. The van der Waals surface area contributed by atoms with E-state index in [-0.39, 0.29) is 18.0 Å². The van der Waals surface area contributed by atoms with Crippen LogP contribution in [0, 0.1) is 18.8 Å². The number of halogens is 1. The molecule has 1 aliphatic heterocycles. The fourth-order valence-electron chi connectivity index (χ4n) is 3.94. The van der Waals surface area contributed by atoms with Gasteiger partial charge < -0.3 is 9.47 Å². The zero-order valence-corrected chi connectivity index (χ0v) is 15.8. The molecule has 0 amide bonds. The van der Waals surface area contributed by atoms with E-state index in [1.807, 2.05) is 37.4 Å². The van der Waals surface area contributed by atoms with Gasteiger partial charge in [-0.1, -0.05) is 30.7 Å². The van der Waals surface area contributed by atoms with Gasteiger partial charge in [0.05, 0.1) is 18.2 Å². The van der Waals surface area contributed by atoms with Crippen molar-refractivity contribution >= 4 is 17.6 Å². The zero-order valence-electron chi connectivity index (χ0n) is 15.0. The summed E-state index contributed by atoms with van der Waals surface area (Å²) in [6, 6.07) is 7.60. The van der Waals surface area contributed by atoms with Gasteiger partial charge in [-0.3, -0.25) is 9.78 Å². The number of benzene rings is 1. The van der Waals surface area contributed by atoms with Crippen molar-refractivity contribution in [2.24, 2.45) is 11.8 Å². The summed E-state index contributed by atoms with van der Waals surface area (Å²) in [5.41, 5.74) is 3.63. The average Bonchev–Trinajstić information content (AvgIpc) is 3.24. The first kappa shape index (κ1) is 17.5. The minimum absolute atomic E-state index is 0.00496. The van der Waals surface area contributed by atoms with Crippen LogP contribution in [0.2, 0.25) is 5.02 Å². The molecule has 26 heavy (non-hydrogen) atoms. The summed E-state index contributed by atoms with van der Waals surface area (Å²) in [6.45, 7) is 4.47. The molecule has 1 unspecified atom stereocenters. The Morgan fingerprint density at radius 1 is 1.27 bits per heavy atom. The van der Waals surface area contributed by atoms with E-state index in [4.69, 9.17) is 21.1 Å². The molecule has 4 nitrogen and oxygen atoms in total. The minimum atomic E-state index is -0.209. The van der Waals surface area contributed by atoms with Crippen molar-refractivity contribution in [3.05, 3.63) is 57.9 Å². The number of nitrogens with zero attached hydrogens (tertiary/aromatic N) is 1. The molecule has 2 heterocycles. The van der Waals surface area contributed by atoms with E-state index in [1.54, 1.807) is 0 Å². The van der Waals surface area contributed by atoms with E-state index in [0.717, 1.165) is 41.6 Å². The first-order chi connectivity index (χ1) is 12.5. The van der Waals surface area contributed by atoms with Gasteiger partial charge in [0.25, 0.3) is 0 Å². The molecule has 0 N–H and O–H groups in total. The van der Waals surface area contributed by atoms with Crippen molar-refractivity contribution in [1.29, 1.82) is 0 Å². The molecule has 136 valence electrons. The van der Waals surface area contributed by atoms with Gasteiger partial charge >= 0.3 is 5.97 Å². The molecule has 2 aromatic rings. The van der Waals surface area contributed by atoms with Crippen LogP contribution in [0.3, 0.4) is 0 Å². The van der Waals surface area contributed by atoms with E-state index >= 15 is 0 Å². The summed E-state index contributed by atoms with van der Waals surface area (Å²) in [6.07, 6.45) is 4.52. The summed E-state index contributed by atoms with van der Waals surface area (Å²) in [4.78, 5) is 17.1. The lowest BCUT2D eigenvalue weighted by Crippen LogP contribution is -2.19. The number of aromatic nitrogens is 1. The monoisotopic (exact) mass is 371 g/mol. The lowest BCUT2D eigenvalue weighted by atomic mass is 10.00. The number of hydrogen-bond donors (Lipinski definition) is 0. The van der Waals surface area contributed by atoms with Gasteiger partial charge in [0.15, 0.2) is 5.75 Å². The van der Waals surface area contributed by atoms with Gasteiger partial charge in [-0.05, 0) is 49.8 Å². The van der Waals surface area contributed by atoms with Gasteiger partial charge in [-0.25, -0.2) is 0 Å². The second-order valence-corrected chi connectivity index (χ2v) is 7.82. The molecule has 0 spiro atoms.